The van der Waals surface area contributed by atoms with Gasteiger partial charge in [0, 0.05) is 13.8 Å². The lowest BCUT2D eigenvalue weighted by atomic mass is 10.2. The number of rotatable bonds is 8. The Morgan fingerprint density at radius 3 is 2.06 bits per heavy atom. The van der Waals surface area contributed by atoms with Crippen LogP contribution in [0.25, 0.3) is 0 Å². The van der Waals surface area contributed by atoms with Gasteiger partial charge in [0.15, 0.2) is 0 Å². The first-order valence-corrected chi connectivity index (χ1v) is 5.54. The fourth-order valence-electron chi connectivity index (χ4n) is 1.09. The lowest BCUT2D eigenvalue weighted by molar-refractivity contribution is -0.141. The number of hydrogen-bond donors (Lipinski definition) is 0. The molecule has 0 saturated heterocycles. The molecule has 0 aliphatic carbocycles. The van der Waals surface area contributed by atoms with E-state index >= 15 is 0 Å². The average molecular weight is 228 g/mol. The first-order chi connectivity index (χ1) is 7.63. The molecule has 4 nitrogen and oxygen atoms in total. The molecule has 0 unspecified atom stereocenters. The maximum absolute atomic E-state index is 10.4. The van der Waals surface area contributed by atoms with E-state index in [0.29, 0.717) is 13.2 Å². The minimum Gasteiger partial charge on any atom is -0.466 e. The largest absolute Gasteiger partial charge is 0.466 e. The van der Waals surface area contributed by atoms with Crippen LogP contribution in [0.4, 0.5) is 0 Å². The van der Waals surface area contributed by atoms with Crippen LogP contribution in [-0.4, -0.2) is 25.2 Å². The maximum atomic E-state index is 10.4. The Balaban J connectivity index is 3.15. The van der Waals surface area contributed by atoms with Crippen LogP contribution < -0.4 is 0 Å². The zero-order chi connectivity index (χ0) is 12.2. The summed E-state index contributed by atoms with van der Waals surface area (Å²) in [6.07, 6.45) is 7.64. The lowest BCUT2D eigenvalue weighted by Crippen LogP contribution is -2.00. The monoisotopic (exact) mass is 228 g/mol. The second-order valence-corrected chi connectivity index (χ2v) is 3.44. The SMILES string of the molecule is CC(=O)OCCC=CCCCCOC(C)=O. The van der Waals surface area contributed by atoms with Crippen LogP contribution in [0, 0.1) is 0 Å². The standard InChI is InChI=1S/C12H20O4/c1-11(13)15-9-7-5-3-4-6-8-10-16-12(2)14/h3,5H,4,6-10H2,1-2H3. The van der Waals surface area contributed by atoms with Crippen LogP contribution in [-0.2, 0) is 19.1 Å². The molecular weight excluding hydrogens is 208 g/mol. The van der Waals surface area contributed by atoms with Gasteiger partial charge in [-0.15, -0.1) is 0 Å². The zero-order valence-corrected chi connectivity index (χ0v) is 10.0. The minimum absolute atomic E-state index is 0.225. The van der Waals surface area contributed by atoms with E-state index in [1.807, 2.05) is 6.08 Å². The highest BCUT2D eigenvalue weighted by Gasteiger charge is 1.92. The summed E-state index contributed by atoms with van der Waals surface area (Å²) in [4.78, 5) is 20.8. The van der Waals surface area contributed by atoms with Crippen molar-refractivity contribution in [3.05, 3.63) is 12.2 Å². The quantitative estimate of drug-likeness (QED) is 0.363. The molecule has 0 amide bonds. The summed E-state index contributed by atoms with van der Waals surface area (Å²) < 4.78 is 9.56. The number of carbonyl (C=O) groups excluding carboxylic acids is 2. The molecule has 0 bridgehead atoms. The molecule has 0 spiro atoms. The molecular formula is C12H20O4. The van der Waals surface area contributed by atoms with E-state index in [2.05, 4.69) is 6.08 Å². The van der Waals surface area contributed by atoms with Gasteiger partial charge in [0.2, 0.25) is 0 Å². The Kier molecular flexibility index (Phi) is 9.36. The van der Waals surface area contributed by atoms with Gasteiger partial charge in [-0.2, -0.15) is 0 Å². The van der Waals surface area contributed by atoms with Gasteiger partial charge < -0.3 is 9.47 Å². The molecule has 0 aromatic rings. The maximum Gasteiger partial charge on any atom is 0.302 e. The summed E-state index contributed by atoms with van der Waals surface area (Å²) in [5.74, 6) is -0.466. The van der Waals surface area contributed by atoms with Crippen molar-refractivity contribution in [1.29, 1.82) is 0 Å². The normalized spacial score (nSPS) is 10.4. The van der Waals surface area contributed by atoms with Crippen molar-refractivity contribution in [2.24, 2.45) is 0 Å². The summed E-state index contributed by atoms with van der Waals surface area (Å²) in [7, 11) is 0. The molecule has 0 heterocycles. The molecule has 0 aliphatic rings. The number of esters is 2. The number of hydrogen-bond acceptors (Lipinski definition) is 4. The second kappa shape index (κ2) is 10.2. The number of ether oxygens (including phenoxy) is 2. The Morgan fingerprint density at radius 2 is 1.44 bits per heavy atom. The smallest absolute Gasteiger partial charge is 0.302 e. The first kappa shape index (κ1) is 14.7. The number of carbonyl (C=O) groups is 2. The summed E-state index contributed by atoms with van der Waals surface area (Å²) in [6, 6.07) is 0. The van der Waals surface area contributed by atoms with Crippen molar-refractivity contribution in [1.82, 2.24) is 0 Å². The Bertz CT molecular complexity index is 233. The molecule has 16 heavy (non-hydrogen) atoms. The zero-order valence-electron chi connectivity index (χ0n) is 10.0. The Morgan fingerprint density at radius 1 is 0.875 bits per heavy atom. The summed E-state index contributed by atoms with van der Waals surface area (Å²) in [6.45, 7) is 3.75. The molecule has 0 rings (SSSR count). The van der Waals surface area contributed by atoms with Gasteiger partial charge in [-0.05, 0) is 25.7 Å². The van der Waals surface area contributed by atoms with E-state index in [1.54, 1.807) is 0 Å². The topological polar surface area (TPSA) is 52.6 Å². The number of unbranched alkanes of at least 4 members (excludes halogenated alkanes) is 2. The molecule has 92 valence electrons. The van der Waals surface area contributed by atoms with Crippen molar-refractivity contribution in [2.45, 2.75) is 39.5 Å². The van der Waals surface area contributed by atoms with Gasteiger partial charge >= 0.3 is 11.9 Å². The fourth-order valence-corrected chi connectivity index (χ4v) is 1.09. The highest BCUT2D eigenvalue weighted by atomic mass is 16.5. The van der Waals surface area contributed by atoms with E-state index in [9.17, 15) is 9.59 Å². The highest BCUT2D eigenvalue weighted by Crippen LogP contribution is 1.98. The summed E-state index contributed by atoms with van der Waals surface area (Å²) in [5.41, 5.74) is 0. The molecule has 0 radical (unpaired) electrons. The van der Waals surface area contributed by atoms with Crippen LogP contribution in [0.2, 0.25) is 0 Å². The van der Waals surface area contributed by atoms with Crippen LogP contribution >= 0.6 is 0 Å². The van der Waals surface area contributed by atoms with Crippen molar-refractivity contribution in [3.8, 4) is 0 Å². The fraction of sp³-hybridized carbons (Fsp3) is 0.667. The molecule has 0 saturated carbocycles. The molecule has 4 heteroatoms. The van der Waals surface area contributed by atoms with Gasteiger partial charge in [0.25, 0.3) is 0 Å². The van der Waals surface area contributed by atoms with E-state index in [1.165, 1.54) is 13.8 Å². The van der Waals surface area contributed by atoms with Crippen LogP contribution in [0.1, 0.15) is 39.5 Å². The predicted octanol–water partition coefficient (Wildman–Crippen LogP) is 2.23. The third-order valence-corrected chi connectivity index (χ3v) is 1.83. The average Bonchev–Trinajstić information content (AvgIpc) is 2.20. The summed E-state index contributed by atoms with van der Waals surface area (Å²) in [5, 5.41) is 0. The van der Waals surface area contributed by atoms with Crippen molar-refractivity contribution in [3.63, 3.8) is 0 Å². The third kappa shape index (κ3) is 12.7. The molecule has 0 aromatic heterocycles. The Hall–Kier alpha value is -1.32. The summed E-state index contributed by atoms with van der Waals surface area (Å²) >= 11 is 0. The van der Waals surface area contributed by atoms with Crippen molar-refractivity contribution >= 4 is 11.9 Å². The molecule has 0 atom stereocenters. The van der Waals surface area contributed by atoms with Gasteiger partial charge in [-0.1, -0.05) is 12.2 Å². The van der Waals surface area contributed by atoms with Crippen molar-refractivity contribution in [2.75, 3.05) is 13.2 Å². The van der Waals surface area contributed by atoms with E-state index < -0.39 is 0 Å². The Labute approximate surface area is 96.6 Å². The number of allylic oxidation sites excluding steroid dienone is 1. The third-order valence-electron chi connectivity index (χ3n) is 1.83. The van der Waals surface area contributed by atoms with Gasteiger partial charge in [-0.3, -0.25) is 9.59 Å². The lowest BCUT2D eigenvalue weighted by Gasteiger charge is -1.99. The highest BCUT2D eigenvalue weighted by molar-refractivity contribution is 5.66. The molecule has 0 fully saturated rings. The molecule has 0 N–H and O–H groups in total. The molecule has 0 aromatic carbocycles. The van der Waals surface area contributed by atoms with Crippen molar-refractivity contribution < 1.29 is 19.1 Å². The van der Waals surface area contributed by atoms with Gasteiger partial charge in [0.05, 0.1) is 13.2 Å². The molecule has 0 aliphatic heterocycles. The van der Waals surface area contributed by atoms with E-state index in [4.69, 9.17) is 9.47 Å². The van der Waals surface area contributed by atoms with Crippen LogP contribution in [0.5, 0.6) is 0 Å². The minimum atomic E-state index is -0.241. The first-order valence-electron chi connectivity index (χ1n) is 5.54. The van der Waals surface area contributed by atoms with Gasteiger partial charge in [-0.25, -0.2) is 0 Å². The van der Waals surface area contributed by atoms with E-state index in [0.717, 1.165) is 25.7 Å². The predicted molar refractivity (Wildman–Crippen MR) is 60.9 cm³/mol. The van der Waals surface area contributed by atoms with E-state index in [-0.39, 0.29) is 11.9 Å². The van der Waals surface area contributed by atoms with Gasteiger partial charge in [0.1, 0.15) is 0 Å². The van der Waals surface area contributed by atoms with Crippen LogP contribution in [0.15, 0.2) is 12.2 Å². The van der Waals surface area contributed by atoms with Crippen LogP contribution in [0.3, 0.4) is 0 Å². The second-order valence-electron chi connectivity index (χ2n) is 3.44.